The molecule has 3 aromatic rings. The molecule has 0 amide bonds. The third-order valence-corrected chi connectivity index (χ3v) is 4.77. The zero-order valence-electron chi connectivity index (χ0n) is 12.2. The Bertz CT molecular complexity index is 890. The maximum Gasteiger partial charge on any atom is 0.178 e. The first-order valence-corrected chi connectivity index (χ1v) is 8.26. The number of hydrogen-bond donors (Lipinski definition) is 1. The molecule has 0 unspecified atom stereocenters. The van der Waals surface area contributed by atoms with Crippen LogP contribution in [-0.4, -0.2) is 27.2 Å². The molecule has 0 saturated carbocycles. The number of pyridine rings is 1. The molecule has 1 aliphatic rings. The van der Waals surface area contributed by atoms with Gasteiger partial charge in [0.25, 0.3) is 0 Å². The number of rotatable bonds is 2. The number of nitrogens with zero attached hydrogens (tertiary/aromatic N) is 4. The summed E-state index contributed by atoms with van der Waals surface area (Å²) in [5.41, 5.74) is 3.12. The monoisotopic (exact) mass is 319 g/mol. The number of allylic oxidation sites excluding steroid dienone is 1. The molecule has 0 aliphatic carbocycles. The van der Waals surface area contributed by atoms with Crippen LogP contribution in [0.5, 0.6) is 0 Å². The molecule has 0 radical (unpaired) electrons. The van der Waals surface area contributed by atoms with Gasteiger partial charge in [0.15, 0.2) is 11.5 Å². The van der Waals surface area contributed by atoms with Gasteiger partial charge in [-0.3, -0.25) is 0 Å². The molecule has 0 spiro atoms. The topological polar surface area (TPSA) is 68.6 Å². The zero-order chi connectivity index (χ0) is 15.6. The van der Waals surface area contributed by atoms with Crippen LogP contribution in [0.1, 0.15) is 5.82 Å². The lowest BCUT2D eigenvalue weighted by Crippen LogP contribution is -2.17. The Balaban J connectivity index is 1.83. The van der Waals surface area contributed by atoms with Crippen LogP contribution in [0, 0.1) is 11.3 Å². The van der Waals surface area contributed by atoms with E-state index in [0.29, 0.717) is 17.0 Å². The molecule has 1 aromatic carbocycles. The van der Waals surface area contributed by atoms with Crippen LogP contribution in [-0.2, 0) is 0 Å². The van der Waals surface area contributed by atoms with Gasteiger partial charge in [-0.15, -0.1) is 11.8 Å². The SMILES string of the molecule is N#C/C(=C1\SCCN1c1ccccc1)c1nc2ncccc2[nH]1. The number of hydrogen-bond acceptors (Lipinski definition) is 5. The number of fused-ring (bicyclic) bond motifs is 1. The highest BCUT2D eigenvalue weighted by molar-refractivity contribution is 8.03. The van der Waals surface area contributed by atoms with Gasteiger partial charge in [-0.25, -0.2) is 9.97 Å². The molecule has 5 nitrogen and oxygen atoms in total. The number of nitrogens with one attached hydrogen (secondary N) is 1. The van der Waals surface area contributed by atoms with E-state index in [1.54, 1.807) is 18.0 Å². The second-order valence-corrected chi connectivity index (χ2v) is 6.17. The maximum absolute atomic E-state index is 9.70. The number of thioether (sulfide) groups is 1. The fourth-order valence-electron chi connectivity index (χ4n) is 2.64. The van der Waals surface area contributed by atoms with E-state index >= 15 is 0 Å². The summed E-state index contributed by atoms with van der Waals surface area (Å²) in [5.74, 6) is 1.53. The fourth-order valence-corrected chi connectivity index (χ4v) is 3.75. The first-order chi connectivity index (χ1) is 11.4. The molecule has 1 aliphatic heterocycles. The fraction of sp³-hybridized carbons (Fsp3) is 0.118. The van der Waals surface area contributed by atoms with Gasteiger partial charge in [-0.1, -0.05) is 18.2 Å². The van der Waals surface area contributed by atoms with Crippen LogP contribution in [0.25, 0.3) is 16.7 Å². The second-order valence-electron chi connectivity index (χ2n) is 5.09. The van der Waals surface area contributed by atoms with Crippen molar-refractivity contribution in [3.05, 3.63) is 59.5 Å². The van der Waals surface area contributed by atoms with Gasteiger partial charge in [-0.05, 0) is 24.3 Å². The number of anilines is 1. The molecule has 1 fully saturated rings. The lowest BCUT2D eigenvalue weighted by molar-refractivity contribution is 1.05. The van der Waals surface area contributed by atoms with Gasteiger partial charge < -0.3 is 9.88 Å². The highest BCUT2D eigenvalue weighted by Gasteiger charge is 2.25. The van der Waals surface area contributed by atoms with E-state index in [9.17, 15) is 5.26 Å². The molecular weight excluding hydrogens is 306 g/mol. The minimum Gasteiger partial charge on any atom is -0.336 e. The van der Waals surface area contributed by atoms with E-state index in [0.717, 1.165) is 28.5 Å². The number of nitriles is 1. The average molecular weight is 319 g/mol. The van der Waals surface area contributed by atoms with Gasteiger partial charge >= 0.3 is 0 Å². The molecule has 6 heteroatoms. The Kier molecular flexibility index (Phi) is 3.48. The maximum atomic E-state index is 9.70. The lowest BCUT2D eigenvalue weighted by atomic mass is 10.2. The van der Waals surface area contributed by atoms with Crippen molar-refractivity contribution >= 4 is 34.2 Å². The van der Waals surface area contributed by atoms with Crippen molar-refractivity contribution in [3.8, 4) is 6.07 Å². The smallest absolute Gasteiger partial charge is 0.178 e. The predicted molar refractivity (Wildman–Crippen MR) is 92.7 cm³/mol. The van der Waals surface area contributed by atoms with E-state index in [4.69, 9.17) is 0 Å². The quantitative estimate of drug-likeness (QED) is 0.733. The Labute approximate surface area is 137 Å². The van der Waals surface area contributed by atoms with E-state index in [1.807, 2.05) is 30.3 Å². The number of para-hydroxylation sites is 1. The molecule has 23 heavy (non-hydrogen) atoms. The molecule has 1 N–H and O–H groups in total. The summed E-state index contributed by atoms with van der Waals surface area (Å²) in [6, 6.07) is 16.2. The van der Waals surface area contributed by atoms with Crippen molar-refractivity contribution in [2.24, 2.45) is 0 Å². The van der Waals surface area contributed by atoms with Crippen molar-refractivity contribution in [2.45, 2.75) is 0 Å². The van der Waals surface area contributed by atoms with Crippen LogP contribution < -0.4 is 4.90 Å². The molecule has 2 aromatic heterocycles. The van der Waals surface area contributed by atoms with Crippen LogP contribution in [0.3, 0.4) is 0 Å². The van der Waals surface area contributed by atoms with Crippen molar-refractivity contribution in [1.29, 1.82) is 5.26 Å². The first-order valence-electron chi connectivity index (χ1n) is 7.27. The predicted octanol–water partition coefficient (Wildman–Crippen LogP) is 3.40. The summed E-state index contributed by atoms with van der Waals surface area (Å²) < 4.78 is 0. The van der Waals surface area contributed by atoms with Crippen LogP contribution >= 0.6 is 11.8 Å². The first kappa shape index (κ1) is 13.9. The van der Waals surface area contributed by atoms with Gasteiger partial charge in [0.2, 0.25) is 0 Å². The summed E-state index contributed by atoms with van der Waals surface area (Å²) in [6.07, 6.45) is 1.70. The summed E-state index contributed by atoms with van der Waals surface area (Å²) >= 11 is 1.69. The summed E-state index contributed by atoms with van der Waals surface area (Å²) in [7, 11) is 0. The molecule has 0 atom stereocenters. The Hall–Kier alpha value is -2.78. The zero-order valence-corrected chi connectivity index (χ0v) is 13.0. The summed E-state index contributed by atoms with van der Waals surface area (Å²) in [5, 5.41) is 10.6. The van der Waals surface area contributed by atoms with E-state index in [-0.39, 0.29) is 0 Å². The van der Waals surface area contributed by atoms with Crippen molar-refractivity contribution in [1.82, 2.24) is 15.0 Å². The van der Waals surface area contributed by atoms with Crippen LogP contribution in [0.2, 0.25) is 0 Å². The number of H-pyrrole nitrogens is 1. The Morgan fingerprint density at radius 2 is 2.09 bits per heavy atom. The van der Waals surface area contributed by atoms with E-state index in [2.05, 4.69) is 38.1 Å². The van der Waals surface area contributed by atoms with Crippen molar-refractivity contribution in [2.75, 3.05) is 17.2 Å². The normalized spacial score (nSPS) is 16.6. The Morgan fingerprint density at radius 1 is 1.22 bits per heavy atom. The molecule has 1 saturated heterocycles. The van der Waals surface area contributed by atoms with Crippen LogP contribution in [0.4, 0.5) is 5.69 Å². The molecule has 112 valence electrons. The van der Waals surface area contributed by atoms with Gasteiger partial charge in [-0.2, -0.15) is 5.26 Å². The second kappa shape index (κ2) is 5.78. The average Bonchev–Trinajstić information content (AvgIpc) is 3.23. The standard InChI is InChI=1S/C17H13N5S/c18-11-13(15-20-14-7-4-8-19-16(14)21-15)17-22(9-10-23-17)12-5-2-1-3-6-12/h1-8H,9-10H2,(H,19,20,21)/b17-13+. The van der Waals surface area contributed by atoms with Crippen LogP contribution in [0.15, 0.2) is 53.7 Å². The van der Waals surface area contributed by atoms with Crippen molar-refractivity contribution < 1.29 is 0 Å². The summed E-state index contributed by atoms with van der Waals surface area (Å²) in [6.45, 7) is 0.883. The van der Waals surface area contributed by atoms with Gasteiger partial charge in [0, 0.05) is 24.2 Å². The molecule has 3 heterocycles. The highest BCUT2D eigenvalue weighted by Crippen LogP contribution is 2.37. The summed E-state index contributed by atoms with van der Waals surface area (Å²) in [4.78, 5) is 14.1. The molecular formula is C17H13N5S. The number of aromatic nitrogens is 3. The van der Waals surface area contributed by atoms with E-state index in [1.165, 1.54) is 0 Å². The minimum atomic E-state index is 0.564. The number of imidazole rings is 1. The highest BCUT2D eigenvalue weighted by atomic mass is 32.2. The molecule has 0 bridgehead atoms. The largest absolute Gasteiger partial charge is 0.336 e. The third-order valence-electron chi connectivity index (χ3n) is 3.69. The number of benzene rings is 1. The lowest BCUT2D eigenvalue weighted by Gasteiger charge is -2.19. The number of aromatic amines is 1. The Morgan fingerprint density at radius 3 is 2.87 bits per heavy atom. The molecule has 4 rings (SSSR count). The minimum absolute atomic E-state index is 0.564. The third kappa shape index (κ3) is 2.45. The van der Waals surface area contributed by atoms with Crippen molar-refractivity contribution in [3.63, 3.8) is 0 Å². The van der Waals surface area contributed by atoms with E-state index < -0.39 is 0 Å². The van der Waals surface area contributed by atoms with Gasteiger partial charge in [0.05, 0.1) is 10.5 Å². The van der Waals surface area contributed by atoms with Gasteiger partial charge in [0.1, 0.15) is 11.6 Å².